The number of carbonyl (C=O) groups is 1. The predicted molar refractivity (Wildman–Crippen MR) is 73.1 cm³/mol. The number of hydrogen-bond acceptors (Lipinski definition) is 3. The number of carbonyl (C=O) groups excluding carboxylic acids is 1. The van der Waals surface area contributed by atoms with E-state index in [1.807, 2.05) is 6.92 Å². The predicted octanol–water partition coefficient (Wildman–Crippen LogP) is 2.04. The van der Waals surface area contributed by atoms with Crippen molar-refractivity contribution >= 4 is 17.7 Å². The second-order valence-corrected chi connectivity index (χ2v) is 6.27. The number of aliphatic hydroxyl groups is 1. The van der Waals surface area contributed by atoms with Gasteiger partial charge in [-0.05, 0) is 30.4 Å². The van der Waals surface area contributed by atoms with E-state index in [0.29, 0.717) is 17.7 Å². The summed E-state index contributed by atoms with van der Waals surface area (Å²) in [6.45, 7) is 4.42. The number of amides is 1. The Balaban J connectivity index is 2.15. The van der Waals surface area contributed by atoms with Gasteiger partial charge in [-0.3, -0.25) is 4.79 Å². The fraction of sp³-hybridized carbons (Fsp3) is 0.923. The topological polar surface area (TPSA) is 49.3 Å². The Kier molecular flexibility index (Phi) is 6.97. The summed E-state index contributed by atoms with van der Waals surface area (Å²) in [5.41, 5.74) is 0. The van der Waals surface area contributed by atoms with Gasteiger partial charge < -0.3 is 10.4 Å². The van der Waals surface area contributed by atoms with E-state index in [0.717, 1.165) is 12.2 Å². The standard InChI is InChI=1S/C13H25NO2S/c1-10(7-15)8-17-9-13(16)14-12-6-4-3-5-11(12)2/h10-12,15H,3-9H2,1-2H3,(H,14,16). The molecule has 3 unspecified atom stereocenters. The first-order valence-electron chi connectivity index (χ1n) is 6.61. The molecule has 0 aliphatic heterocycles. The molecule has 3 atom stereocenters. The lowest BCUT2D eigenvalue weighted by Crippen LogP contribution is -2.41. The van der Waals surface area contributed by atoms with Gasteiger partial charge in [0.25, 0.3) is 0 Å². The van der Waals surface area contributed by atoms with Crippen LogP contribution in [0.3, 0.4) is 0 Å². The molecule has 0 aromatic heterocycles. The van der Waals surface area contributed by atoms with Crippen LogP contribution in [0.4, 0.5) is 0 Å². The molecule has 1 saturated carbocycles. The number of thioether (sulfide) groups is 1. The van der Waals surface area contributed by atoms with E-state index < -0.39 is 0 Å². The van der Waals surface area contributed by atoms with Crippen molar-refractivity contribution in [3.05, 3.63) is 0 Å². The molecule has 4 heteroatoms. The van der Waals surface area contributed by atoms with Crippen LogP contribution in [0.2, 0.25) is 0 Å². The van der Waals surface area contributed by atoms with E-state index in [2.05, 4.69) is 12.2 Å². The van der Waals surface area contributed by atoms with Gasteiger partial charge in [0.2, 0.25) is 5.91 Å². The highest BCUT2D eigenvalue weighted by Crippen LogP contribution is 2.23. The van der Waals surface area contributed by atoms with Crippen LogP contribution in [0, 0.1) is 11.8 Å². The van der Waals surface area contributed by atoms with Crippen LogP contribution in [-0.2, 0) is 4.79 Å². The van der Waals surface area contributed by atoms with Gasteiger partial charge in [0.15, 0.2) is 0 Å². The maximum Gasteiger partial charge on any atom is 0.230 e. The summed E-state index contributed by atoms with van der Waals surface area (Å²) in [4.78, 5) is 11.7. The lowest BCUT2D eigenvalue weighted by atomic mass is 9.86. The molecular formula is C13H25NO2S. The lowest BCUT2D eigenvalue weighted by molar-refractivity contribution is -0.119. The monoisotopic (exact) mass is 259 g/mol. The quantitative estimate of drug-likeness (QED) is 0.767. The zero-order valence-electron chi connectivity index (χ0n) is 10.9. The average Bonchev–Trinajstić information content (AvgIpc) is 2.32. The maximum atomic E-state index is 11.7. The zero-order valence-corrected chi connectivity index (χ0v) is 11.8. The van der Waals surface area contributed by atoms with E-state index in [-0.39, 0.29) is 18.4 Å². The van der Waals surface area contributed by atoms with Crippen molar-refractivity contribution in [3.63, 3.8) is 0 Å². The minimum atomic E-state index is 0.152. The van der Waals surface area contributed by atoms with Crippen LogP contribution in [-0.4, -0.2) is 35.2 Å². The number of rotatable bonds is 6. The smallest absolute Gasteiger partial charge is 0.230 e. The Hall–Kier alpha value is -0.220. The minimum absolute atomic E-state index is 0.152. The molecule has 1 amide bonds. The third-order valence-electron chi connectivity index (χ3n) is 3.41. The molecule has 100 valence electrons. The molecule has 3 nitrogen and oxygen atoms in total. The molecule has 0 bridgehead atoms. The first kappa shape index (κ1) is 14.8. The second-order valence-electron chi connectivity index (χ2n) is 5.24. The summed E-state index contributed by atoms with van der Waals surface area (Å²) < 4.78 is 0. The average molecular weight is 259 g/mol. The van der Waals surface area contributed by atoms with Gasteiger partial charge in [-0.25, -0.2) is 0 Å². The number of nitrogens with one attached hydrogen (secondary N) is 1. The van der Waals surface area contributed by atoms with E-state index >= 15 is 0 Å². The van der Waals surface area contributed by atoms with E-state index in [1.165, 1.54) is 19.3 Å². The van der Waals surface area contributed by atoms with Gasteiger partial charge in [-0.1, -0.05) is 26.7 Å². The number of hydrogen-bond donors (Lipinski definition) is 2. The van der Waals surface area contributed by atoms with Crippen LogP contribution >= 0.6 is 11.8 Å². The van der Waals surface area contributed by atoms with Crippen LogP contribution in [0.5, 0.6) is 0 Å². The Morgan fingerprint density at radius 1 is 1.47 bits per heavy atom. The summed E-state index contributed by atoms with van der Waals surface area (Å²) in [5.74, 6) is 2.42. The number of aliphatic hydroxyl groups excluding tert-OH is 1. The van der Waals surface area contributed by atoms with E-state index in [9.17, 15) is 4.79 Å². The third kappa shape index (κ3) is 5.77. The van der Waals surface area contributed by atoms with Crippen LogP contribution < -0.4 is 5.32 Å². The van der Waals surface area contributed by atoms with Gasteiger partial charge in [0, 0.05) is 12.6 Å². The van der Waals surface area contributed by atoms with Gasteiger partial charge in [0.05, 0.1) is 5.75 Å². The van der Waals surface area contributed by atoms with Crippen molar-refractivity contribution < 1.29 is 9.90 Å². The molecule has 0 radical (unpaired) electrons. The van der Waals surface area contributed by atoms with Crippen LogP contribution in [0.15, 0.2) is 0 Å². The van der Waals surface area contributed by atoms with Gasteiger partial charge in [0.1, 0.15) is 0 Å². The molecule has 0 saturated heterocycles. The van der Waals surface area contributed by atoms with Crippen molar-refractivity contribution in [1.82, 2.24) is 5.32 Å². The Bertz CT molecular complexity index is 235. The molecule has 1 aliphatic carbocycles. The normalized spacial score (nSPS) is 26.5. The molecule has 1 aliphatic rings. The lowest BCUT2D eigenvalue weighted by Gasteiger charge is -2.29. The highest BCUT2D eigenvalue weighted by molar-refractivity contribution is 7.99. The first-order valence-corrected chi connectivity index (χ1v) is 7.77. The molecule has 0 aromatic rings. The summed E-state index contributed by atoms with van der Waals surface area (Å²) in [7, 11) is 0. The third-order valence-corrected chi connectivity index (χ3v) is 4.68. The second kappa shape index (κ2) is 7.98. The maximum absolute atomic E-state index is 11.7. The van der Waals surface area contributed by atoms with Crippen molar-refractivity contribution in [1.29, 1.82) is 0 Å². The molecule has 1 rings (SSSR count). The van der Waals surface area contributed by atoms with Gasteiger partial charge in [-0.2, -0.15) is 11.8 Å². The van der Waals surface area contributed by atoms with Gasteiger partial charge >= 0.3 is 0 Å². The zero-order chi connectivity index (χ0) is 12.7. The summed E-state index contributed by atoms with van der Waals surface area (Å²) in [6.07, 6.45) is 4.91. The van der Waals surface area contributed by atoms with Gasteiger partial charge in [-0.15, -0.1) is 0 Å². The minimum Gasteiger partial charge on any atom is -0.396 e. The Labute approximate surface area is 109 Å². The van der Waals surface area contributed by atoms with Crippen molar-refractivity contribution in [2.45, 2.75) is 45.6 Å². The van der Waals surface area contributed by atoms with E-state index in [1.54, 1.807) is 11.8 Å². The summed E-state index contributed by atoms with van der Waals surface area (Å²) >= 11 is 1.61. The molecule has 0 spiro atoms. The Morgan fingerprint density at radius 3 is 2.82 bits per heavy atom. The molecule has 0 aromatic carbocycles. The molecular weight excluding hydrogens is 234 g/mol. The summed E-state index contributed by atoms with van der Waals surface area (Å²) in [6, 6.07) is 0.382. The van der Waals surface area contributed by atoms with Crippen LogP contribution in [0.1, 0.15) is 39.5 Å². The molecule has 0 heterocycles. The van der Waals surface area contributed by atoms with Crippen LogP contribution in [0.25, 0.3) is 0 Å². The van der Waals surface area contributed by atoms with E-state index in [4.69, 9.17) is 5.11 Å². The highest BCUT2D eigenvalue weighted by Gasteiger charge is 2.22. The Morgan fingerprint density at radius 2 is 2.18 bits per heavy atom. The first-order chi connectivity index (χ1) is 8.13. The highest BCUT2D eigenvalue weighted by atomic mass is 32.2. The molecule has 1 fully saturated rings. The SMILES string of the molecule is CC(CO)CSCC(=O)NC1CCCCC1C. The summed E-state index contributed by atoms with van der Waals surface area (Å²) in [5, 5.41) is 12.0. The largest absolute Gasteiger partial charge is 0.396 e. The fourth-order valence-corrected chi connectivity index (χ4v) is 3.08. The molecule has 2 N–H and O–H groups in total. The molecule has 17 heavy (non-hydrogen) atoms. The van der Waals surface area contributed by atoms with Crippen molar-refractivity contribution in [2.75, 3.05) is 18.1 Å². The van der Waals surface area contributed by atoms with Crippen molar-refractivity contribution in [2.24, 2.45) is 11.8 Å². The fourth-order valence-electron chi connectivity index (χ4n) is 2.18. The van der Waals surface area contributed by atoms with Crippen molar-refractivity contribution in [3.8, 4) is 0 Å².